The number of ether oxygens (including phenoxy) is 1. The van der Waals surface area contributed by atoms with E-state index in [1.807, 2.05) is 42.5 Å². The molecule has 0 bridgehead atoms. The first kappa shape index (κ1) is 19.3. The summed E-state index contributed by atoms with van der Waals surface area (Å²) >= 11 is 9.75. The summed E-state index contributed by atoms with van der Waals surface area (Å²) in [4.78, 5) is 33.3. The Morgan fingerprint density at radius 3 is 2.80 bits per heavy atom. The summed E-state index contributed by atoms with van der Waals surface area (Å²) < 4.78 is 5.64. The first-order chi connectivity index (χ1) is 14.4. The molecule has 0 aliphatic carbocycles. The van der Waals surface area contributed by atoms with Crippen LogP contribution in [0.3, 0.4) is 0 Å². The molecule has 1 aromatic heterocycles. The Balaban J connectivity index is 1.51. The number of benzene rings is 2. The molecular formula is C22H17BrClN3O3. The predicted octanol–water partition coefficient (Wildman–Crippen LogP) is 4.52. The summed E-state index contributed by atoms with van der Waals surface area (Å²) in [6.45, 7) is 0.961. The molecule has 3 aromatic rings. The van der Waals surface area contributed by atoms with E-state index in [1.165, 1.54) is 7.11 Å². The van der Waals surface area contributed by atoms with Crippen LogP contribution in [-0.2, 0) is 21.5 Å². The lowest BCUT2D eigenvalue weighted by Crippen LogP contribution is -2.65. The fourth-order valence-corrected chi connectivity index (χ4v) is 5.15. The maximum Gasteiger partial charge on any atom is 0.409 e. The van der Waals surface area contributed by atoms with E-state index in [2.05, 4.69) is 20.9 Å². The fraction of sp³-hybridized carbons (Fsp3) is 0.227. The van der Waals surface area contributed by atoms with Crippen LogP contribution in [0.1, 0.15) is 11.3 Å². The summed E-state index contributed by atoms with van der Waals surface area (Å²) in [5.74, 6) is -0.0197. The molecule has 3 heterocycles. The highest BCUT2D eigenvalue weighted by atomic mass is 79.9. The number of halogens is 2. The number of carbonyl (C=O) groups is 2. The number of fused-ring (bicyclic) bond motifs is 3. The van der Waals surface area contributed by atoms with Crippen LogP contribution in [0.15, 0.2) is 53.1 Å². The second-order valence-electron chi connectivity index (χ2n) is 7.57. The highest BCUT2D eigenvalue weighted by molar-refractivity contribution is 9.10. The van der Waals surface area contributed by atoms with Gasteiger partial charge in [-0.3, -0.25) is 9.78 Å². The number of hydrogen-bond acceptors (Lipinski definition) is 4. The highest BCUT2D eigenvalue weighted by Gasteiger charge is 2.59. The molecule has 5 rings (SSSR count). The van der Waals surface area contributed by atoms with Crippen molar-refractivity contribution in [2.45, 2.75) is 12.0 Å². The van der Waals surface area contributed by atoms with Gasteiger partial charge in [-0.15, -0.1) is 0 Å². The van der Waals surface area contributed by atoms with Crippen molar-refractivity contribution in [3.63, 3.8) is 0 Å². The number of carbonyl (C=O) groups excluding carboxylic acids is 2. The van der Waals surface area contributed by atoms with E-state index < -0.39 is 11.5 Å². The Labute approximate surface area is 186 Å². The number of para-hydroxylation sites is 1. The van der Waals surface area contributed by atoms with Gasteiger partial charge in [0.25, 0.3) is 0 Å². The zero-order valence-corrected chi connectivity index (χ0v) is 18.4. The maximum atomic E-state index is 13.5. The van der Waals surface area contributed by atoms with Crippen LogP contribution in [0.5, 0.6) is 0 Å². The first-order valence-corrected chi connectivity index (χ1v) is 10.6. The fourth-order valence-electron chi connectivity index (χ4n) is 4.38. The molecule has 2 aromatic carbocycles. The van der Waals surface area contributed by atoms with Crippen molar-refractivity contribution in [3.8, 4) is 0 Å². The van der Waals surface area contributed by atoms with Gasteiger partial charge in [0, 0.05) is 39.9 Å². The zero-order valence-electron chi connectivity index (χ0n) is 16.1. The van der Waals surface area contributed by atoms with E-state index in [9.17, 15) is 9.59 Å². The van der Waals surface area contributed by atoms with Crippen LogP contribution in [0, 0.1) is 0 Å². The Hall–Kier alpha value is -2.64. The van der Waals surface area contributed by atoms with Gasteiger partial charge in [0.15, 0.2) is 0 Å². The largest absolute Gasteiger partial charge is 0.453 e. The summed E-state index contributed by atoms with van der Waals surface area (Å²) in [7, 11) is 1.35. The molecule has 0 atom stereocenters. The normalized spacial score (nSPS) is 16.7. The minimum atomic E-state index is -0.721. The van der Waals surface area contributed by atoms with Gasteiger partial charge in [-0.05, 0) is 45.1 Å². The minimum absolute atomic E-state index is 0.0197. The molecule has 2 aliphatic heterocycles. The molecule has 0 unspecified atom stereocenters. The number of likely N-dealkylation sites (tertiary alicyclic amines) is 1. The topological polar surface area (TPSA) is 62.7 Å². The van der Waals surface area contributed by atoms with Crippen molar-refractivity contribution >= 4 is 56.0 Å². The summed E-state index contributed by atoms with van der Waals surface area (Å²) in [5.41, 5.74) is 1.84. The molecule has 8 heteroatoms. The van der Waals surface area contributed by atoms with Gasteiger partial charge in [0.05, 0.1) is 19.3 Å². The van der Waals surface area contributed by atoms with Gasteiger partial charge in [-0.2, -0.15) is 0 Å². The lowest BCUT2D eigenvalue weighted by Gasteiger charge is -2.45. The Bertz CT molecular complexity index is 1210. The van der Waals surface area contributed by atoms with Gasteiger partial charge in [-0.1, -0.05) is 35.9 Å². The molecule has 1 fully saturated rings. The number of pyridine rings is 1. The van der Waals surface area contributed by atoms with Gasteiger partial charge >= 0.3 is 6.09 Å². The van der Waals surface area contributed by atoms with Crippen LogP contribution in [-0.4, -0.2) is 42.1 Å². The molecule has 2 aliphatic rings. The molecule has 1 spiro atoms. The third-order valence-electron chi connectivity index (χ3n) is 5.89. The van der Waals surface area contributed by atoms with Crippen LogP contribution >= 0.6 is 27.5 Å². The molecule has 30 heavy (non-hydrogen) atoms. The van der Waals surface area contributed by atoms with E-state index >= 15 is 0 Å². The van der Waals surface area contributed by atoms with Crippen LogP contribution in [0.2, 0.25) is 5.02 Å². The summed E-state index contributed by atoms with van der Waals surface area (Å²) in [6.07, 6.45) is 1.35. The smallest absolute Gasteiger partial charge is 0.409 e. The van der Waals surface area contributed by atoms with Crippen molar-refractivity contribution in [2.24, 2.45) is 0 Å². The van der Waals surface area contributed by atoms with E-state index in [0.717, 1.165) is 32.2 Å². The molecule has 1 saturated heterocycles. The summed E-state index contributed by atoms with van der Waals surface area (Å²) in [6, 6.07) is 13.4. The first-order valence-electron chi connectivity index (χ1n) is 9.41. The van der Waals surface area contributed by atoms with Crippen molar-refractivity contribution in [1.82, 2.24) is 9.88 Å². The van der Waals surface area contributed by atoms with E-state index in [-0.39, 0.29) is 5.91 Å². The Kier molecular flexibility index (Phi) is 4.48. The van der Waals surface area contributed by atoms with Gasteiger partial charge in [0.2, 0.25) is 5.91 Å². The lowest BCUT2D eigenvalue weighted by atomic mass is 9.75. The van der Waals surface area contributed by atoms with Crippen molar-refractivity contribution in [2.75, 3.05) is 25.1 Å². The number of rotatable bonds is 2. The third kappa shape index (κ3) is 2.72. The predicted molar refractivity (Wildman–Crippen MR) is 118 cm³/mol. The van der Waals surface area contributed by atoms with Gasteiger partial charge in [0.1, 0.15) is 5.41 Å². The standard InChI is InChI=1S/C22H17BrClN3O3/c1-30-21(29)26-11-22(12-26)16-4-2-3-5-18(16)27(20(22)28)10-17-19(23)15-7-6-14(24)8-13(15)9-25-17/h2-9H,10-12H2,1H3. The second-order valence-corrected chi connectivity index (χ2v) is 8.80. The highest BCUT2D eigenvalue weighted by Crippen LogP contribution is 2.48. The number of methoxy groups -OCH3 is 1. The van der Waals surface area contributed by atoms with Crippen LogP contribution < -0.4 is 4.90 Å². The van der Waals surface area contributed by atoms with E-state index in [0.29, 0.717) is 24.7 Å². The zero-order chi connectivity index (χ0) is 21.0. The number of amides is 2. The second kappa shape index (κ2) is 6.96. The molecule has 6 nitrogen and oxygen atoms in total. The quantitative estimate of drug-likeness (QED) is 0.534. The molecule has 152 valence electrons. The number of hydrogen-bond donors (Lipinski definition) is 0. The van der Waals surface area contributed by atoms with Crippen LogP contribution in [0.25, 0.3) is 10.8 Å². The molecule has 2 amide bonds. The average Bonchev–Trinajstić information content (AvgIpc) is 2.96. The Morgan fingerprint density at radius 2 is 2.03 bits per heavy atom. The SMILES string of the molecule is COC(=O)N1CC2(C1)C(=O)N(Cc1ncc3cc(Cl)ccc3c1Br)c1ccccc12. The number of nitrogens with zero attached hydrogens (tertiary/aromatic N) is 3. The molecule has 0 radical (unpaired) electrons. The number of aromatic nitrogens is 1. The molecular weight excluding hydrogens is 470 g/mol. The van der Waals surface area contributed by atoms with E-state index in [1.54, 1.807) is 16.0 Å². The van der Waals surface area contributed by atoms with Crippen molar-refractivity contribution in [3.05, 3.63) is 69.4 Å². The molecule has 0 N–H and O–H groups in total. The van der Waals surface area contributed by atoms with Crippen molar-refractivity contribution in [1.29, 1.82) is 0 Å². The average molecular weight is 487 g/mol. The van der Waals surface area contributed by atoms with E-state index in [4.69, 9.17) is 16.3 Å². The van der Waals surface area contributed by atoms with Gasteiger partial charge < -0.3 is 14.5 Å². The molecule has 0 saturated carbocycles. The van der Waals surface area contributed by atoms with Gasteiger partial charge in [-0.25, -0.2) is 4.79 Å². The maximum absolute atomic E-state index is 13.5. The summed E-state index contributed by atoms with van der Waals surface area (Å²) in [5, 5.41) is 2.56. The Morgan fingerprint density at radius 1 is 1.27 bits per heavy atom. The van der Waals surface area contributed by atoms with Crippen LogP contribution in [0.4, 0.5) is 10.5 Å². The lowest BCUT2D eigenvalue weighted by molar-refractivity contribution is -0.128. The monoisotopic (exact) mass is 485 g/mol. The third-order valence-corrected chi connectivity index (χ3v) is 7.01. The van der Waals surface area contributed by atoms with Crippen molar-refractivity contribution < 1.29 is 14.3 Å². The number of anilines is 1. The minimum Gasteiger partial charge on any atom is -0.453 e.